The topological polar surface area (TPSA) is 3.24 Å². The van der Waals surface area contributed by atoms with E-state index >= 15 is 0 Å². The predicted molar refractivity (Wildman–Crippen MR) is 72.8 cm³/mol. The van der Waals surface area contributed by atoms with Gasteiger partial charge in [-0.25, -0.2) is 0 Å². The number of benzene rings is 1. The van der Waals surface area contributed by atoms with Crippen molar-refractivity contribution in [2.24, 2.45) is 0 Å². The van der Waals surface area contributed by atoms with Crippen molar-refractivity contribution in [2.75, 3.05) is 13.1 Å². The molecule has 86 valence electrons. The monoisotopic (exact) mass is 233 g/mol. The second-order valence-corrected chi connectivity index (χ2v) is 4.90. The quantitative estimate of drug-likeness (QED) is 0.736. The minimum absolute atomic E-state index is 1.09. The van der Waals surface area contributed by atoms with Crippen LogP contribution in [0.25, 0.3) is 0 Å². The zero-order chi connectivity index (χ0) is 11.2. The van der Waals surface area contributed by atoms with Gasteiger partial charge in [0.05, 0.1) is 4.99 Å². The van der Waals surface area contributed by atoms with Gasteiger partial charge in [-0.15, -0.1) is 0 Å². The summed E-state index contributed by atoms with van der Waals surface area (Å²) in [5.74, 6) is 0. The van der Waals surface area contributed by atoms with Crippen LogP contribution in [-0.2, 0) is 6.42 Å². The third-order valence-electron chi connectivity index (χ3n) is 3.18. The van der Waals surface area contributed by atoms with E-state index in [1.165, 1.54) is 29.8 Å². The average Bonchev–Trinajstić information content (AvgIpc) is 2.53. The summed E-state index contributed by atoms with van der Waals surface area (Å²) < 4.78 is 0. The van der Waals surface area contributed by atoms with E-state index in [4.69, 9.17) is 12.2 Å². The van der Waals surface area contributed by atoms with Gasteiger partial charge in [0.1, 0.15) is 0 Å². The molecule has 0 N–H and O–H groups in total. The Kier molecular flexibility index (Phi) is 4.34. The Labute approximate surface area is 103 Å². The van der Waals surface area contributed by atoms with E-state index < -0.39 is 0 Å². The fourth-order valence-corrected chi connectivity index (χ4v) is 2.51. The highest BCUT2D eigenvalue weighted by Gasteiger charge is 2.12. The van der Waals surface area contributed by atoms with Gasteiger partial charge >= 0.3 is 0 Å². The van der Waals surface area contributed by atoms with Crippen LogP contribution in [0.15, 0.2) is 30.3 Å². The lowest BCUT2D eigenvalue weighted by Gasteiger charge is -2.23. The Bertz CT molecular complexity index is 334. The number of nitrogens with zero attached hydrogens (tertiary/aromatic N) is 1. The zero-order valence-corrected chi connectivity index (χ0v) is 10.5. The second-order valence-electron chi connectivity index (χ2n) is 4.43. The van der Waals surface area contributed by atoms with Gasteiger partial charge < -0.3 is 4.90 Å². The highest BCUT2D eigenvalue weighted by Crippen LogP contribution is 2.13. The van der Waals surface area contributed by atoms with E-state index in [0.717, 1.165) is 25.9 Å². The minimum Gasteiger partial charge on any atom is -0.366 e. The average molecular weight is 233 g/mol. The molecule has 1 saturated heterocycles. The third kappa shape index (κ3) is 3.31. The molecule has 0 bridgehead atoms. The Morgan fingerprint density at radius 2 is 1.88 bits per heavy atom. The van der Waals surface area contributed by atoms with Gasteiger partial charge in [0, 0.05) is 13.1 Å². The van der Waals surface area contributed by atoms with Gasteiger partial charge in [-0.1, -0.05) is 49.0 Å². The predicted octanol–water partition coefficient (Wildman–Crippen LogP) is 3.43. The number of hydrogen-bond donors (Lipinski definition) is 0. The molecule has 1 nitrogen and oxygen atoms in total. The molecule has 0 aromatic heterocycles. The molecule has 0 atom stereocenters. The van der Waals surface area contributed by atoms with E-state index in [0.29, 0.717) is 0 Å². The van der Waals surface area contributed by atoms with Crippen LogP contribution in [0.4, 0.5) is 0 Å². The molecule has 1 heterocycles. The highest BCUT2D eigenvalue weighted by molar-refractivity contribution is 7.80. The van der Waals surface area contributed by atoms with E-state index in [1.54, 1.807) is 0 Å². The molecule has 0 unspecified atom stereocenters. The van der Waals surface area contributed by atoms with Crippen LogP contribution < -0.4 is 0 Å². The first kappa shape index (κ1) is 11.6. The number of thiocarbonyl (C=S) groups is 1. The molecule has 1 fully saturated rings. The van der Waals surface area contributed by atoms with Crippen molar-refractivity contribution in [1.29, 1.82) is 0 Å². The fraction of sp³-hybridized carbons (Fsp3) is 0.500. The summed E-state index contributed by atoms with van der Waals surface area (Å²) in [6.45, 7) is 2.24. The lowest BCUT2D eigenvalue weighted by molar-refractivity contribution is 0.424. The molecule has 16 heavy (non-hydrogen) atoms. The summed E-state index contributed by atoms with van der Waals surface area (Å²) in [7, 11) is 0. The van der Waals surface area contributed by atoms with Crippen molar-refractivity contribution in [2.45, 2.75) is 32.1 Å². The summed E-state index contributed by atoms with van der Waals surface area (Å²) in [6, 6.07) is 10.7. The van der Waals surface area contributed by atoms with Crippen LogP contribution in [0.5, 0.6) is 0 Å². The number of rotatable bonds is 3. The lowest BCUT2D eigenvalue weighted by atomic mass is 10.1. The largest absolute Gasteiger partial charge is 0.366 e. The lowest BCUT2D eigenvalue weighted by Crippen LogP contribution is -2.30. The molecule has 1 aromatic carbocycles. The maximum Gasteiger partial charge on any atom is 0.0779 e. The van der Waals surface area contributed by atoms with Gasteiger partial charge in [0.2, 0.25) is 0 Å². The van der Waals surface area contributed by atoms with E-state index in [1.807, 2.05) is 0 Å². The normalized spacial score (nSPS) is 17.2. The van der Waals surface area contributed by atoms with Crippen molar-refractivity contribution in [1.82, 2.24) is 4.90 Å². The molecule has 0 spiro atoms. The summed E-state index contributed by atoms with van der Waals surface area (Å²) in [5.41, 5.74) is 1.41. The maximum absolute atomic E-state index is 5.46. The van der Waals surface area contributed by atoms with Gasteiger partial charge in [-0.2, -0.15) is 0 Å². The van der Waals surface area contributed by atoms with Crippen LogP contribution in [0.3, 0.4) is 0 Å². The van der Waals surface area contributed by atoms with Crippen LogP contribution in [0.2, 0.25) is 0 Å². The Morgan fingerprint density at radius 3 is 2.69 bits per heavy atom. The highest BCUT2D eigenvalue weighted by atomic mass is 32.1. The van der Waals surface area contributed by atoms with Crippen molar-refractivity contribution in [3.63, 3.8) is 0 Å². The molecular weight excluding hydrogens is 214 g/mol. The fourth-order valence-electron chi connectivity index (χ4n) is 2.18. The summed E-state index contributed by atoms with van der Waals surface area (Å²) >= 11 is 5.46. The van der Waals surface area contributed by atoms with Crippen molar-refractivity contribution < 1.29 is 0 Å². The molecule has 0 aliphatic carbocycles. The van der Waals surface area contributed by atoms with Crippen LogP contribution in [0, 0.1) is 0 Å². The zero-order valence-electron chi connectivity index (χ0n) is 9.69. The summed E-state index contributed by atoms with van der Waals surface area (Å²) in [4.78, 5) is 3.57. The molecule has 1 aliphatic heterocycles. The molecule has 1 aliphatic rings. The Hall–Kier alpha value is -0.890. The summed E-state index contributed by atoms with van der Waals surface area (Å²) in [5, 5.41) is 0. The van der Waals surface area contributed by atoms with Crippen LogP contribution in [0.1, 0.15) is 31.2 Å². The van der Waals surface area contributed by atoms with Gasteiger partial charge in [0.25, 0.3) is 0 Å². The van der Waals surface area contributed by atoms with Gasteiger partial charge in [0.15, 0.2) is 0 Å². The molecule has 0 amide bonds. The maximum atomic E-state index is 5.46. The Morgan fingerprint density at radius 1 is 1.06 bits per heavy atom. The first-order valence-electron chi connectivity index (χ1n) is 6.18. The van der Waals surface area contributed by atoms with Gasteiger partial charge in [-0.3, -0.25) is 0 Å². The minimum atomic E-state index is 1.09. The second kappa shape index (κ2) is 6.00. The van der Waals surface area contributed by atoms with Crippen molar-refractivity contribution in [3.05, 3.63) is 35.9 Å². The Balaban J connectivity index is 1.86. The van der Waals surface area contributed by atoms with Gasteiger partial charge in [-0.05, 0) is 31.2 Å². The van der Waals surface area contributed by atoms with Crippen LogP contribution >= 0.6 is 12.2 Å². The smallest absolute Gasteiger partial charge is 0.0779 e. The standard InChI is InChI=1S/C14H19NS/c16-14-9-5-2-6-11-15(14)12-10-13-7-3-1-4-8-13/h1,3-4,7-8H,2,5-6,9-12H2. The number of hydrogen-bond acceptors (Lipinski definition) is 1. The molecule has 0 radical (unpaired) electrons. The molecule has 2 heteroatoms. The van der Waals surface area contributed by atoms with E-state index in [2.05, 4.69) is 35.2 Å². The SMILES string of the molecule is S=C1CCCCCN1CCc1ccccc1. The molecule has 0 saturated carbocycles. The van der Waals surface area contributed by atoms with E-state index in [-0.39, 0.29) is 0 Å². The van der Waals surface area contributed by atoms with Crippen molar-refractivity contribution >= 4 is 17.2 Å². The molecule has 2 rings (SSSR count). The van der Waals surface area contributed by atoms with Crippen molar-refractivity contribution in [3.8, 4) is 0 Å². The van der Waals surface area contributed by atoms with Crippen LogP contribution in [-0.4, -0.2) is 23.0 Å². The first-order valence-corrected chi connectivity index (χ1v) is 6.59. The molecule has 1 aromatic rings. The molecular formula is C14H19NS. The summed E-state index contributed by atoms with van der Waals surface area (Å²) in [6.07, 6.45) is 6.14. The number of likely N-dealkylation sites (tertiary alicyclic amines) is 1. The first-order chi connectivity index (χ1) is 7.86. The third-order valence-corrected chi connectivity index (χ3v) is 3.65. The van der Waals surface area contributed by atoms with E-state index in [9.17, 15) is 0 Å².